The van der Waals surface area contributed by atoms with E-state index in [-0.39, 0.29) is 5.56 Å². The summed E-state index contributed by atoms with van der Waals surface area (Å²) in [4.78, 5) is 0. The van der Waals surface area contributed by atoms with Crippen LogP contribution in [0.4, 0.5) is 8.78 Å². The number of benzene rings is 1. The zero-order chi connectivity index (χ0) is 11.6. The van der Waals surface area contributed by atoms with Gasteiger partial charge >= 0.3 is 0 Å². The SMILES string of the molecule is Cc1ccc(F)c(C#CC(C)(C)N)c1F. The number of aryl methyl sites for hydroxylation is 1. The lowest BCUT2D eigenvalue weighted by atomic mass is 10.1. The molecule has 0 aliphatic heterocycles. The lowest BCUT2D eigenvalue weighted by Crippen LogP contribution is -2.29. The third kappa shape index (κ3) is 3.03. The van der Waals surface area contributed by atoms with Crippen LogP contribution < -0.4 is 5.73 Å². The van der Waals surface area contributed by atoms with Gasteiger partial charge in [-0.25, -0.2) is 8.78 Å². The molecule has 80 valence electrons. The Bertz CT molecular complexity index is 433. The van der Waals surface area contributed by atoms with Gasteiger partial charge in [-0.15, -0.1) is 0 Å². The first-order chi connectivity index (χ1) is 6.81. The van der Waals surface area contributed by atoms with Crippen molar-refractivity contribution in [3.05, 3.63) is 34.9 Å². The molecule has 0 heterocycles. The predicted octanol–water partition coefficient (Wildman–Crippen LogP) is 2.36. The predicted molar refractivity (Wildman–Crippen MR) is 56.2 cm³/mol. The smallest absolute Gasteiger partial charge is 0.144 e. The molecule has 0 radical (unpaired) electrons. The van der Waals surface area contributed by atoms with Crippen molar-refractivity contribution in [3.63, 3.8) is 0 Å². The van der Waals surface area contributed by atoms with Crippen molar-refractivity contribution in [2.45, 2.75) is 26.3 Å². The maximum absolute atomic E-state index is 13.5. The summed E-state index contributed by atoms with van der Waals surface area (Å²) in [5.41, 5.74) is 5.00. The number of halogens is 2. The maximum Gasteiger partial charge on any atom is 0.144 e. The van der Waals surface area contributed by atoms with Gasteiger partial charge in [0.2, 0.25) is 0 Å². The number of nitrogens with two attached hydrogens (primary N) is 1. The van der Waals surface area contributed by atoms with Crippen LogP contribution in [0.2, 0.25) is 0 Å². The summed E-state index contributed by atoms with van der Waals surface area (Å²) in [6.07, 6.45) is 0. The van der Waals surface area contributed by atoms with E-state index in [4.69, 9.17) is 5.73 Å². The largest absolute Gasteiger partial charge is 0.316 e. The maximum atomic E-state index is 13.5. The molecule has 0 fully saturated rings. The fourth-order valence-electron chi connectivity index (χ4n) is 0.995. The Labute approximate surface area is 88.3 Å². The monoisotopic (exact) mass is 209 g/mol. The molecule has 0 aliphatic rings. The van der Waals surface area contributed by atoms with Crippen molar-refractivity contribution in [2.75, 3.05) is 0 Å². The molecule has 0 saturated heterocycles. The third-order valence-corrected chi connectivity index (χ3v) is 1.79. The van der Waals surface area contributed by atoms with Crippen molar-refractivity contribution >= 4 is 0 Å². The molecule has 0 atom stereocenters. The van der Waals surface area contributed by atoms with Crippen LogP contribution >= 0.6 is 0 Å². The van der Waals surface area contributed by atoms with E-state index in [1.807, 2.05) is 0 Å². The Hall–Kier alpha value is -1.40. The second-order valence-corrected chi connectivity index (χ2v) is 4.02. The summed E-state index contributed by atoms with van der Waals surface area (Å²) >= 11 is 0. The van der Waals surface area contributed by atoms with E-state index < -0.39 is 17.2 Å². The van der Waals surface area contributed by atoms with Crippen molar-refractivity contribution in [1.82, 2.24) is 0 Å². The molecule has 0 spiro atoms. The fraction of sp³-hybridized carbons (Fsp3) is 0.333. The molecular formula is C12H13F2N. The topological polar surface area (TPSA) is 26.0 Å². The molecule has 0 amide bonds. The van der Waals surface area contributed by atoms with Gasteiger partial charge in [0.25, 0.3) is 0 Å². The molecular weight excluding hydrogens is 196 g/mol. The molecule has 1 aromatic rings. The minimum Gasteiger partial charge on any atom is -0.316 e. The van der Waals surface area contributed by atoms with Gasteiger partial charge in [-0.3, -0.25) is 0 Å². The van der Waals surface area contributed by atoms with E-state index >= 15 is 0 Å². The zero-order valence-corrected chi connectivity index (χ0v) is 8.99. The first kappa shape index (κ1) is 11.7. The minimum absolute atomic E-state index is 0.214. The van der Waals surface area contributed by atoms with Crippen LogP contribution in [0, 0.1) is 30.4 Å². The highest BCUT2D eigenvalue weighted by Gasteiger charge is 2.10. The second-order valence-electron chi connectivity index (χ2n) is 4.02. The normalized spacial score (nSPS) is 10.8. The quantitative estimate of drug-likeness (QED) is 0.652. The summed E-state index contributed by atoms with van der Waals surface area (Å²) in [6.45, 7) is 4.91. The molecule has 0 unspecified atom stereocenters. The fourth-order valence-corrected chi connectivity index (χ4v) is 0.995. The van der Waals surface area contributed by atoms with Gasteiger partial charge in [0.05, 0.1) is 11.1 Å². The van der Waals surface area contributed by atoms with Gasteiger partial charge in [-0.2, -0.15) is 0 Å². The Morgan fingerprint density at radius 3 is 2.40 bits per heavy atom. The van der Waals surface area contributed by atoms with E-state index in [1.165, 1.54) is 12.1 Å². The molecule has 1 aromatic carbocycles. The molecule has 0 bridgehead atoms. The molecule has 0 aromatic heterocycles. The van der Waals surface area contributed by atoms with Gasteiger partial charge in [0.1, 0.15) is 11.6 Å². The van der Waals surface area contributed by atoms with Crippen LogP contribution in [0.5, 0.6) is 0 Å². The molecule has 0 aliphatic carbocycles. The standard InChI is InChI=1S/C12H13F2N/c1-8-4-5-10(13)9(11(8)14)6-7-12(2,3)15/h4-5H,15H2,1-3H3. The second kappa shape index (κ2) is 4.00. The minimum atomic E-state index is -0.761. The summed E-state index contributed by atoms with van der Waals surface area (Å²) in [5.74, 6) is 3.76. The van der Waals surface area contributed by atoms with E-state index in [2.05, 4.69) is 11.8 Å². The van der Waals surface area contributed by atoms with Crippen LogP contribution in [0.15, 0.2) is 12.1 Å². The molecule has 15 heavy (non-hydrogen) atoms. The van der Waals surface area contributed by atoms with Crippen molar-refractivity contribution in [2.24, 2.45) is 5.73 Å². The average molecular weight is 209 g/mol. The Balaban J connectivity index is 3.25. The third-order valence-electron chi connectivity index (χ3n) is 1.79. The van der Waals surface area contributed by atoms with Crippen LogP contribution in [-0.4, -0.2) is 5.54 Å². The van der Waals surface area contributed by atoms with Gasteiger partial charge in [0, 0.05) is 0 Å². The summed E-state index contributed by atoms with van der Waals surface area (Å²) in [7, 11) is 0. The molecule has 1 rings (SSSR count). The lowest BCUT2D eigenvalue weighted by molar-refractivity contribution is 0.571. The molecule has 2 N–H and O–H groups in total. The van der Waals surface area contributed by atoms with Crippen molar-refractivity contribution < 1.29 is 8.78 Å². The van der Waals surface area contributed by atoms with E-state index in [0.717, 1.165) is 0 Å². The zero-order valence-electron chi connectivity index (χ0n) is 8.99. The Kier molecular flexibility index (Phi) is 3.11. The van der Waals surface area contributed by atoms with Gasteiger partial charge in [0.15, 0.2) is 0 Å². The van der Waals surface area contributed by atoms with E-state index in [0.29, 0.717) is 5.56 Å². The highest BCUT2D eigenvalue weighted by Crippen LogP contribution is 2.15. The highest BCUT2D eigenvalue weighted by atomic mass is 19.1. The number of rotatable bonds is 0. The van der Waals surface area contributed by atoms with Crippen LogP contribution in [0.25, 0.3) is 0 Å². The summed E-state index contributed by atoms with van der Waals surface area (Å²) in [5, 5.41) is 0. The van der Waals surface area contributed by atoms with Crippen molar-refractivity contribution in [3.8, 4) is 11.8 Å². The molecule has 1 nitrogen and oxygen atoms in total. The summed E-state index contributed by atoms with van der Waals surface area (Å²) in [6, 6.07) is 2.58. The Morgan fingerprint density at radius 2 is 1.87 bits per heavy atom. The molecule has 0 saturated carbocycles. The van der Waals surface area contributed by atoms with Crippen LogP contribution in [0.1, 0.15) is 25.0 Å². The first-order valence-electron chi connectivity index (χ1n) is 4.58. The van der Waals surface area contributed by atoms with Crippen LogP contribution in [0.3, 0.4) is 0 Å². The highest BCUT2D eigenvalue weighted by molar-refractivity contribution is 5.41. The van der Waals surface area contributed by atoms with Crippen LogP contribution in [-0.2, 0) is 0 Å². The first-order valence-corrected chi connectivity index (χ1v) is 4.58. The van der Waals surface area contributed by atoms with Crippen molar-refractivity contribution in [1.29, 1.82) is 0 Å². The van der Waals surface area contributed by atoms with Gasteiger partial charge < -0.3 is 5.73 Å². The number of hydrogen-bond acceptors (Lipinski definition) is 1. The molecule has 3 heteroatoms. The Morgan fingerprint density at radius 1 is 1.27 bits per heavy atom. The van der Waals surface area contributed by atoms with Gasteiger partial charge in [-0.05, 0) is 32.4 Å². The summed E-state index contributed by atoms with van der Waals surface area (Å²) < 4.78 is 26.7. The number of hydrogen-bond donors (Lipinski definition) is 1. The van der Waals surface area contributed by atoms with Gasteiger partial charge in [-0.1, -0.05) is 17.9 Å². The average Bonchev–Trinajstić information content (AvgIpc) is 2.10. The van der Waals surface area contributed by atoms with E-state index in [1.54, 1.807) is 20.8 Å². The van der Waals surface area contributed by atoms with E-state index in [9.17, 15) is 8.78 Å². The lowest BCUT2D eigenvalue weighted by Gasteiger charge is -2.08.